The van der Waals surface area contributed by atoms with Gasteiger partial charge in [0.05, 0.1) is 19.5 Å². The number of aliphatic carboxylic acids is 1. The molecule has 3 aliphatic rings. The monoisotopic (exact) mass is 401 g/mol. The second-order valence-corrected chi connectivity index (χ2v) is 8.75. The number of piperidine rings is 2. The fraction of sp³-hybridized carbons (Fsp3) is 0.619. The molecule has 8 nitrogen and oxygen atoms in total. The number of fused-ring (bicyclic) bond motifs is 4. The Morgan fingerprint density at radius 2 is 2.00 bits per heavy atom. The van der Waals surface area contributed by atoms with Crippen LogP contribution in [0, 0.1) is 11.8 Å². The van der Waals surface area contributed by atoms with Crippen molar-refractivity contribution >= 4 is 17.7 Å². The van der Waals surface area contributed by atoms with Gasteiger partial charge in [-0.25, -0.2) is 0 Å². The molecule has 1 aromatic heterocycles. The number of ketones is 1. The molecule has 156 valence electrons. The molecule has 29 heavy (non-hydrogen) atoms. The molecular formula is C21H27N3O5. The van der Waals surface area contributed by atoms with Crippen LogP contribution in [0.15, 0.2) is 23.0 Å². The molecule has 4 rings (SSSR count). The molecule has 2 saturated heterocycles. The first-order valence-corrected chi connectivity index (χ1v) is 10.4. The van der Waals surface area contributed by atoms with E-state index in [9.17, 15) is 24.3 Å². The Morgan fingerprint density at radius 1 is 1.17 bits per heavy atom. The van der Waals surface area contributed by atoms with Crippen LogP contribution in [0.3, 0.4) is 0 Å². The van der Waals surface area contributed by atoms with Crippen LogP contribution in [0.4, 0.5) is 0 Å². The van der Waals surface area contributed by atoms with Gasteiger partial charge in [-0.3, -0.25) is 14.4 Å². The Bertz CT molecular complexity index is 879. The third-order valence-corrected chi connectivity index (χ3v) is 6.58. The van der Waals surface area contributed by atoms with E-state index >= 15 is 0 Å². The van der Waals surface area contributed by atoms with E-state index in [0.29, 0.717) is 38.4 Å². The normalized spacial score (nSPS) is 28.5. The molecule has 1 N–H and O–H groups in total. The van der Waals surface area contributed by atoms with Crippen molar-refractivity contribution in [2.45, 2.75) is 38.1 Å². The number of nitrogens with zero attached hydrogens (tertiary/aromatic N) is 2. The number of rotatable bonds is 5. The number of amides is 1. The minimum Gasteiger partial charge on any atom is -0.550 e. The van der Waals surface area contributed by atoms with Crippen molar-refractivity contribution in [1.82, 2.24) is 9.47 Å². The third-order valence-electron chi connectivity index (χ3n) is 6.58. The molecule has 2 bridgehead atoms. The number of nitrogens with one attached hydrogen (secondary N) is 1. The number of carbonyl (C=O) groups is 3. The fourth-order valence-electron chi connectivity index (χ4n) is 5.28. The molecule has 1 amide bonds. The summed E-state index contributed by atoms with van der Waals surface area (Å²) in [6.07, 6.45) is 2.01. The van der Waals surface area contributed by atoms with E-state index in [2.05, 4.69) is 0 Å². The minimum atomic E-state index is -1.13. The number of hydrogen-bond donors (Lipinski definition) is 1. The number of hydrogen-bond acceptors (Lipinski definition) is 5. The van der Waals surface area contributed by atoms with Gasteiger partial charge >= 0.3 is 0 Å². The molecule has 1 unspecified atom stereocenters. The van der Waals surface area contributed by atoms with Gasteiger partial charge in [0.2, 0.25) is 5.91 Å². The molecule has 2 fully saturated rings. The Kier molecular flexibility index (Phi) is 5.54. The predicted octanol–water partition coefficient (Wildman–Crippen LogP) is -2.20. The average molecular weight is 401 g/mol. The van der Waals surface area contributed by atoms with Gasteiger partial charge in [0.1, 0.15) is 6.54 Å². The summed E-state index contributed by atoms with van der Waals surface area (Å²) in [5.74, 6) is -1.53. The van der Waals surface area contributed by atoms with Crippen LogP contribution in [0.2, 0.25) is 0 Å². The van der Waals surface area contributed by atoms with E-state index in [4.69, 9.17) is 0 Å². The van der Waals surface area contributed by atoms with E-state index in [1.807, 2.05) is 10.6 Å². The highest BCUT2D eigenvalue weighted by molar-refractivity contribution is 5.98. The molecule has 0 radical (unpaired) electrons. The summed E-state index contributed by atoms with van der Waals surface area (Å²) in [5.41, 5.74) is 1.09. The van der Waals surface area contributed by atoms with Crippen molar-refractivity contribution in [3.8, 4) is 0 Å². The molecule has 8 heteroatoms. The zero-order valence-electron chi connectivity index (χ0n) is 16.5. The summed E-state index contributed by atoms with van der Waals surface area (Å²) < 4.78 is 1.87. The summed E-state index contributed by atoms with van der Waals surface area (Å²) >= 11 is 0. The zero-order valence-corrected chi connectivity index (χ0v) is 16.5. The van der Waals surface area contributed by atoms with E-state index in [0.717, 1.165) is 30.1 Å². The summed E-state index contributed by atoms with van der Waals surface area (Å²) in [4.78, 5) is 50.8. The van der Waals surface area contributed by atoms with Gasteiger partial charge in [-0.05, 0) is 25.3 Å². The van der Waals surface area contributed by atoms with Gasteiger partial charge in [0.15, 0.2) is 5.78 Å². The molecule has 0 aliphatic carbocycles. The first-order chi connectivity index (χ1) is 13.9. The predicted molar refractivity (Wildman–Crippen MR) is 101 cm³/mol. The molecule has 0 aromatic carbocycles. The fourth-order valence-corrected chi connectivity index (χ4v) is 5.28. The second kappa shape index (κ2) is 8.10. The molecular weight excluding hydrogens is 374 g/mol. The highest BCUT2D eigenvalue weighted by atomic mass is 16.4. The van der Waals surface area contributed by atoms with Gasteiger partial charge in [-0.2, -0.15) is 0 Å². The van der Waals surface area contributed by atoms with Gasteiger partial charge in [0, 0.05) is 55.1 Å². The van der Waals surface area contributed by atoms with E-state index in [1.54, 1.807) is 12.1 Å². The third kappa shape index (κ3) is 4.27. The van der Waals surface area contributed by atoms with Crippen LogP contribution in [0.5, 0.6) is 0 Å². The summed E-state index contributed by atoms with van der Waals surface area (Å²) in [6.45, 7) is 3.25. The number of aromatic nitrogens is 1. The number of carbonyl (C=O) groups excluding carboxylic acids is 3. The number of pyridine rings is 1. The van der Waals surface area contributed by atoms with Crippen molar-refractivity contribution in [2.24, 2.45) is 11.8 Å². The second-order valence-electron chi connectivity index (χ2n) is 8.75. The number of carboxylic acids is 1. The van der Waals surface area contributed by atoms with E-state index in [1.165, 1.54) is 4.90 Å². The maximum atomic E-state index is 12.5. The molecule has 0 saturated carbocycles. The van der Waals surface area contributed by atoms with Crippen molar-refractivity contribution < 1.29 is 24.4 Å². The van der Waals surface area contributed by atoms with Crippen molar-refractivity contribution in [3.05, 3.63) is 34.2 Å². The number of quaternary nitrogens is 1. The maximum absolute atomic E-state index is 12.5. The SMILES string of the molecule is O=C(CC(=O)N1CCC[C@@H](C(=O)[O-])C1)C[NH+]1C[C@@H]2C[C@H](C1)c1cccc(=O)n1C2. The Hall–Kier alpha value is -2.48. The number of carboxylic acid groups (broad SMARTS) is 1. The van der Waals surface area contributed by atoms with Gasteiger partial charge < -0.3 is 24.3 Å². The molecule has 0 spiro atoms. The number of Topliss-reactive ketones (excluding diaryl/α,β-unsaturated/α-hetero) is 1. The largest absolute Gasteiger partial charge is 0.550 e. The topological polar surface area (TPSA) is 104 Å². The molecule has 1 aromatic rings. The lowest BCUT2D eigenvalue weighted by molar-refractivity contribution is -0.903. The van der Waals surface area contributed by atoms with Crippen LogP contribution < -0.4 is 15.6 Å². The first kappa shape index (κ1) is 19.8. The quantitative estimate of drug-likeness (QED) is 0.564. The molecule has 3 aliphatic heterocycles. The minimum absolute atomic E-state index is 0.0405. The average Bonchev–Trinajstić information content (AvgIpc) is 2.68. The lowest BCUT2D eigenvalue weighted by Crippen LogP contribution is -3.15. The lowest BCUT2D eigenvalue weighted by Gasteiger charge is -2.40. The van der Waals surface area contributed by atoms with Crippen LogP contribution in [0.1, 0.15) is 37.3 Å². The summed E-state index contributed by atoms with van der Waals surface area (Å²) in [5, 5.41) is 11.1. The van der Waals surface area contributed by atoms with Gasteiger partial charge in [-0.15, -0.1) is 0 Å². The standard InChI is InChI=1S/C21H27N3O5/c25-17(8-20(27)23-6-2-3-15(12-23)21(28)29)13-22-9-14-7-16(11-22)18-4-1-5-19(26)24(18)10-14/h1,4-5,14-16H,2-3,6-13H2,(H,28,29)/t14-,15+,16+/m0/s1. The Morgan fingerprint density at radius 3 is 2.79 bits per heavy atom. The zero-order chi connectivity index (χ0) is 20.5. The lowest BCUT2D eigenvalue weighted by atomic mass is 9.83. The highest BCUT2D eigenvalue weighted by Crippen LogP contribution is 2.30. The smallest absolute Gasteiger partial charge is 0.250 e. The maximum Gasteiger partial charge on any atom is 0.250 e. The summed E-state index contributed by atoms with van der Waals surface area (Å²) in [6, 6.07) is 5.39. The Labute approximate surface area is 169 Å². The number of likely N-dealkylation sites (tertiary alicyclic amines) is 2. The Balaban J connectivity index is 1.33. The van der Waals surface area contributed by atoms with Crippen LogP contribution in [-0.4, -0.2) is 59.9 Å². The first-order valence-electron chi connectivity index (χ1n) is 10.4. The van der Waals surface area contributed by atoms with E-state index < -0.39 is 11.9 Å². The van der Waals surface area contributed by atoms with E-state index in [-0.39, 0.29) is 36.1 Å². The van der Waals surface area contributed by atoms with Crippen LogP contribution in [-0.2, 0) is 20.9 Å². The van der Waals surface area contributed by atoms with Crippen molar-refractivity contribution in [2.75, 3.05) is 32.7 Å². The van der Waals surface area contributed by atoms with Crippen molar-refractivity contribution in [1.29, 1.82) is 0 Å². The highest BCUT2D eigenvalue weighted by Gasteiger charge is 2.38. The van der Waals surface area contributed by atoms with Crippen molar-refractivity contribution in [3.63, 3.8) is 0 Å². The molecule has 4 heterocycles. The van der Waals surface area contributed by atoms with Gasteiger partial charge in [0.25, 0.3) is 5.56 Å². The molecule has 4 atom stereocenters. The summed E-state index contributed by atoms with van der Waals surface area (Å²) in [7, 11) is 0. The van der Waals surface area contributed by atoms with Crippen LogP contribution >= 0.6 is 0 Å². The van der Waals surface area contributed by atoms with Crippen LogP contribution in [0.25, 0.3) is 0 Å². The van der Waals surface area contributed by atoms with Gasteiger partial charge in [-0.1, -0.05) is 6.07 Å².